The van der Waals surface area contributed by atoms with E-state index in [4.69, 9.17) is 10.2 Å². The standard InChI is InChI=1S/C13H15NOS/c14-8-11-3-1-4-12(7-11)9-16-10-13-5-2-6-15-13/h1-7H,8-10,14H2. The van der Waals surface area contributed by atoms with E-state index in [0.29, 0.717) is 6.54 Å². The Kier molecular flexibility index (Phi) is 4.08. The van der Waals surface area contributed by atoms with Crippen LogP contribution in [0.1, 0.15) is 16.9 Å². The predicted molar refractivity (Wildman–Crippen MR) is 68.0 cm³/mol. The van der Waals surface area contributed by atoms with Gasteiger partial charge < -0.3 is 10.2 Å². The van der Waals surface area contributed by atoms with Crippen LogP contribution in [0.5, 0.6) is 0 Å². The summed E-state index contributed by atoms with van der Waals surface area (Å²) in [6.45, 7) is 0.608. The predicted octanol–water partition coefficient (Wildman–Crippen LogP) is 3.17. The first-order chi connectivity index (χ1) is 7.88. The molecule has 0 bridgehead atoms. The van der Waals surface area contributed by atoms with Crippen molar-refractivity contribution in [1.82, 2.24) is 0 Å². The normalized spacial score (nSPS) is 10.6. The zero-order chi connectivity index (χ0) is 11.2. The van der Waals surface area contributed by atoms with E-state index in [-0.39, 0.29) is 0 Å². The van der Waals surface area contributed by atoms with Gasteiger partial charge in [0.05, 0.1) is 12.0 Å². The number of rotatable bonds is 5. The van der Waals surface area contributed by atoms with Crippen LogP contribution in [-0.4, -0.2) is 0 Å². The van der Waals surface area contributed by atoms with Crippen molar-refractivity contribution in [2.24, 2.45) is 5.73 Å². The topological polar surface area (TPSA) is 39.2 Å². The molecule has 0 aliphatic rings. The third-order valence-electron chi connectivity index (χ3n) is 2.32. The molecule has 2 N–H and O–H groups in total. The molecular formula is C13H15NOS. The summed E-state index contributed by atoms with van der Waals surface area (Å²) in [6, 6.07) is 12.3. The number of furan rings is 1. The molecule has 0 saturated carbocycles. The second-order valence-corrected chi connectivity index (χ2v) is 4.58. The van der Waals surface area contributed by atoms with Crippen molar-refractivity contribution in [2.45, 2.75) is 18.1 Å². The minimum absolute atomic E-state index is 0.608. The summed E-state index contributed by atoms with van der Waals surface area (Å²) in [4.78, 5) is 0. The number of hydrogen-bond donors (Lipinski definition) is 1. The average Bonchev–Trinajstić information content (AvgIpc) is 2.82. The lowest BCUT2D eigenvalue weighted by Crippen LogP contribution is -1.96. The van der Waals surface area contributed by atoms with E-state index in [1.165, 1.54) is 11.1 Å². The monoisotopic (exact) mass is 233 g/mol. The average molecular weight is 233 g/mol. The van der Waals surface area contributed by atoms with Gasteiger partial charge in [0.2, 0.25) is 0 Å². The smallest absolute Gasteiger partial charge is 0.113 e. The van der Waals surface area contributed by atoms with Crippen LogP contribution in [0.3, 0.4) is 0 Å². The van der Waals surface area contributed by atoms with Crippen LogP contribution in [0.2, 0.25) is 0 Å². The van der Waals surface area contributed by atoms with Gasteiger partial charge in [0.25, 0.3) is 0 Å². The van der Waals surface area contributed by atoms with Gasteiger partial charge in [0, 0.05) is 12.3 Å². The van der Waals surface area contributed by atoms with Crippen LogP contribution in [0.4, 0.5) is 0 Å². The molecular weight excluding hydrogens is 218 g/mol. The first-order valence-electron chi connectivity index (χ1n) is 5.26. The van der Waals surface area contributed by atoms with E-state index in [9.17, 15) is 0 Å². The van der Waals surface area contributed by atoms with Crippen molar-refractivity contribution in [3.8, 4) is 0 Å². The maximum Gasteiger partial charge on any atom is 0.113 e. The Balaban J connectivity index is 1.85. The quantitative estimate of drug-likeness (QED) is 0.862. The summed E-state index contributed by atoms with van der Waals surface area (Å²) in [5, 5.41) is 0. The largest absolute Gasteiger partial charge is 0.468 e. The molecule has 0 radical (unpaired) electrons. The lowest BCUT2D eigenvalue weighted by Gasteiger charge is -2.02. The molecule has 0 saturated heterocycles. The minimum Gasteiger partial charge on any atom is -0.468 e. The Labute approximate surface area is 99.8 Å². The van der Waals surface area contributed by atoms with Gasteiger partial charge in [-0.05, 0) is 23.3 Å². The molecule has 2 nitrogen and oxygen atoms in total. The maximum absolute atomic E-state index is 5.60. The van der Waals surface area contributed by atoms with Crippen LogP contribution >= 0.6 is 11.8 Å². The lowest BCUT2D eigenvalue weighted by molar-refractivity contribution is 0.530. The van der Waals surface area contributed by atoms with Gasteiger partial charge in [-0.15, -0.1) is 11.8 Å². The molecule has 2 rings (SSSR count). The molecule has 0 atom stereocenters. The number of nitrogens with two attached hydrogens (primary N) is 1. The number of hydrogen-bond acceptors (Lipinski definition) is 3. The zero-order valence-electron chi connectivity index (χ0n) is 9.06. The van der Waals surface area contributed by atoms with Gasteiger partial charge in [-0.25, -0.2) is 0 Å². The molecule has 0 unspecified atom stereocenters. The summed E-state index contributed by atoms with van der Waals surface area (Å²) in [6.07, 6.45) is 1.71. The summed E-state index contributed by atoms with van der Waals surface area (Å²) in [7, 11) is 0. The highest BCUT2D eigenvalue weighted by molar-refractivity contribution is 7.97. The van der Waals surface area contributed by atoms with Crippen LogP contribution < -0.4 is 5.73 Å². The fourth-order valence-corrected chi connectivity index (χ4v) is 2.39. The number of thioether (sulfide) groups is 1. The third kappa shape index (κ3) is 3.15. The highest BCUT2D eigenvalue weighted by Crippen LogP contribution is 2.18. The fourth-order valence-electron chi connectivity index (χ4n) is 1.51. The van der Waals surface area contributed by atoms with Gasteiger partial charge in [0.1, 0.15) is 5.76 Å². The molecule has 0 aliphatic carbocycles. The van der Waals surface area contributed by atoms with Gasteiger partial charge in [-0.3, -0.25) is 0 Å². The van der Waals surface area contributed by atoms with Crippen molar-refractivity contribution >= 4 is 11.8 Å². The van der Waals surface area contributed by atoms with E-state index in [1.807, 2.05) is 23.9 Å². The molecule has 0 aliphatic heterocycles. The molecule has 84 valence electrons. The van der Waals surface area contributed by atoms with Gasteiger partial charge >= 0.3 is 0 Å². The van der Waals surface area contributed by atoms with Crippen molar-refractivity contribution in [1.29, 1.82) is 0 Å². The van der Waals surface area contributed by atoms with E-state index < -0.39 is 0 Å². The molecule has 2 aromatic rings. The van der Waals surface area contributed by atoms with Crippen molar-refractivity contribution in [2.75, 3.05) is 0 Å². The maximum atomic E-state index is 5.60. The third-order valence-corrected chi connectivity index (χ3v) is 3.35. The second kappa shape index (κ2) is 5.77. The molecule has 1 aromatic heterocycles. The zero-order valence-corrected chi connectivity index (χ0v) is 9.87. The first kappa shape index (κ1) is 11.3. The Morgan fingerprint density at radius 1 is 1.06 bits per heavy atom. The molecule has 1 aromatic carbocycles. The van der Waals surface area contributed by atoms with Crippen LogP contribution in [-0.2, 0) is 18.1 Å². The fraction of sp³-hybridized carbons (Fsp3) is 0.231. The molecule has 16 heavy (non-hydrogen) atoms. The highest BCUT2D eigenvalue weighted by atomic mass is 32.2. The van der Waals surface area contributed by atoms with Crippen molar-refractivity contribution in [3.05, 3.63) is 59.5 Å². The summed E-state index contributed by atoms with van der Waals surface area (Å²) < 4.78 is 5.28. The van der Waals surface area contributed by atoms with Crippen molar-refractivity contribution in [3.63, 3.8) is 0 Å². The lowest BCUT2D eigenvalue weighted by atomic mass is 10.1. The van der Waals surface area contributed by atoms with E-state index >= 15 is 0 Å². The summed E-state index contributed by atoms with van der Waals surface area (Å²) in [5.74, 6) is 2.94. The van der Waals surface area contributed by atoms with Gasteiger partial charge in [0.15, 0.2) is 0 Å². The highest BCUT2D eigenvalue weighted by Gasteiger charge is 1.98. The Hall–Kier alpha value is -1.19. The SMILES string of the molecule is NCc1cccc(CSCc2ccco2)c1. The Bertz CT molecular complexity index is 425. The number of benzene rings is 1. The first-order valence-corrected chi connectivity index (χ1v) is 6.42. The molecule has 0 fully saturated rings. The molecule has 0 amide bonds. The second-order valence-electron chi connectivity index (χ2n) is 3.60. The summed E-state index contributed by atoms with van der Waals surface area (Å²) >= 11 is 1.85. The molecule has 3 heteroatoms. The van der Waals surface area contributed by atoms with Crippen LogP contribution in [0.25, 0.3) is 0 Å². The van der Waals surface area contributed by atoms with Crippen molar-refractivity contribution < 1.29 is 4.42 Å². The Morgan fingerprint density at radius 2 is 1.94 bits per heavy atom. The van der Waals surface area contributed by atoms with Gasteiger partial charge in [-0.2, -0.15) is 0 Å². The molecule has 1 heterocycles. The van der Waals surface area contributed by atoms with E-state index in [2.05, 4.69) is 24.3 Å². The van der Waals surface area contributed by atoms with E-state index in [0.717, 1.165) is 17.3 Å². The van der Waals surface area contributed by atoms with Gasteiger partial charge in [-0.1, -0.05) is 24.3 Å². The minimum atomic E-state index is 0.608. The Morgan fingerprint density at radius 3 is 2.69 bits per heavy atom. The molecule has 0 spiro atoms. The van der Waals surface area contributed by atoms with Crippen LogP contribution in [0.15, 0.2) is 47.1 Å². The van der Waals surface area contributed by atoms with Crippen LogP contribution in [0, 0.1) is 0 Å². The van der Waals surface area contributed by atoms with E-state index in [1.54, 1.807) is 6.26 Å². The summed E-state index contributed by atoms with van der Waals surface area (Å²) in [5.41, 5.74) is 8.11.